The topological polar surface area (TPSA) is 21.7 Å². The average Bonchev–Trinajstić information content (AvgIpc) is 3.60. The van der Waals surface area contributed by atoms with Gasteiger partial charge in [0.1, 0.15) is 23.4 Å². The number of ether oxygens (including phenoxy) is 2. The fourth-order valence-electron chi connectivity index (χ4n) is 10.2. The summed E-state index contributed by atoms with van der Waals surface area (Å²) in [5.41, 5.74) is 12.5. The maximum atomic E-state index is 7.37. The van der Waals surface area contributed by atoms with Crippen molar-refractivity contribution in [1.82, 2.24) is 0 Å². The minimum atomic E-state index is -0.0776. The molecule has 0 fully saturated rings. The number of allylic oxidation sites excluding steroid dienone is 11. The number of fused-ring (bicyclic) bond motifs is 7. The van der Waals surface area contributed by atoms with Crippen LogP contribution in [0.2, 0.25) is 0 Å². The molecule has 290 valence electrons. The molecule has 59 heavy (non-hydrogen) atoms. The van der Waals surface area contributed by atoms with Crippen LogP contribution in [0.4, 0.5) is 17.1 Å². The van der Waals surface area contributed by atoms with Gasteiger partial charge < -0.3 is 14.4 Å². The zero-order chi connectivity index (χ0) is 39.3. The summed E-state index contributed by atoms with van der Waals surface area (Å²) in [6.45, 7) is 2.43. The van der Waals surface area contributed by atoms with Crippen molar-refractivity contribution in [3.05, 3.63) is 227 Å². The third kappa shape index (κ3) is 6.46. The van der Waals surface area contributed by atoms with Gasteiger partial charge in [-0.2, -0.15) is 0 Å². The molecule has 5 atom stereocenters. The number of hydrogen-bond donors (Lipinski definition) is 0. The summed E-state index contributed by atoms with van der Waals surface area (Å²) < 4.78 is 14.6. The Kier molecular flexibility index (Phi) is 9.19. The van der Waals surface area contributed by atoms with Crippen LogP contribution in [0.15, 0.2) is 210 Å². The van der Waals surface area contributed by atoms with Gasteiger partial charge in [-0.05, 0) is 84.0 Å². The first-order valence-electron chi connectivity index (χ1n) is 21.2. The van der Waals surface area contributed by atoms with Crippen molar-refractivity contribution >= 4 is 34.4 Å². The molecule has 4 aliphatic carbocycles. The van der Waals surface area contributed by atoms with Gasteiger partial charge in [0.15, 0.2) is 0 Å². The van der Waals surface area contributed by atoms with E-state index in [1.807, 2.05) is 11.8 Å². The van der Waals surface area contributed by atoms with Gasteiger partial charge in [0.25, 0.3) is 0 Å². The molecule has 0 bridgehead atoms. The highest BCUT2D eigenvalue weighted by Crippen LogP contribution is 2.56. The zero-order valence-corrected chi connectivity index (χ0v) is 34.2. The predicted octanol–water partition coefficient (Wildman–Crippen LogP) is 14.4. The van der Waals surface area contributed by atoms with E-state index in [2.05, 4.69) is 194 Å². The van der Waals surface area contributed by atoms with Gasteiger partial charge in [0.2, 0.25) is 0 Å². The summed E-state index contributed by atoms with van der Waals surface area (Å²) in [6.07, 6.45) is 25.1. The van der Waals surface area contributed by atoms with Gasteiger partial charge in [-0.25, -0.2) is 0 Å². The van der Waals surface area contributed by atoms with E-state index in [0.29, 0.717) is 11.2 Å². The van der Waals surface area contributed by atoms with E-state index in [0.717, 1.165) is 72.0 Å². The Hall–Kier alpha value is -5.97. The molecule has 4 heteroatoms. The van der Waals surface area contributed by atoms with E-state index in [1.165, 1.54) is 38.3 Å². The third-order valence-corrected chi connectivity index (χ3v) is 14.7. The Morgan fingerprint density at radius 3 is 2.29 bits per heavy atom. The van der Waals surface area contributed by atoms with Crippen LogP contribution in [-0.4, -0.2) is 11.4 Å². The maximum absolute atomic E-state index is 7.37. The molecule has 6 aliphatic rings. The van der Waals surface area contributed by atoms with Crippen LogP contribution >= 0.6 is 11.8 Å². The summed E-state index contributed by atoms with van der Waals surface area (Å²) in [5, 5.41) is 0.432. The molecule has 2 heterocycles. The maximum Gasteiger partial charge on any atom is 0.134 e. The number of anilines is 3. The monoisotopic (exact) mass is 785 g/mol. The van der Waals surface area contributed by atoms with Crippen LogP contribution in [-0.2, 0) is 10.2 Å². The summed E-state index contributed by atoms with van der Waals surface area (Å²) in [7, 11) is 0. The first-order valence-corrected chi connectivity index (χ1v) is 22.1. The SMILES string of the molecule is CC12C=CC=CC1Sc1cccc(C3CCC4=C(C3)OC3CC=CC=C3c3ccccc3OC3=C4C=CC(c4ccc(N(c5ccccc5)c5ccccc5)cc4)C3)c12. The second-order valence-electron chi connectivity index (χ2n) is 16.7. The van der Waals surface area contributed by atoms with Crippen LogP contribution in [0.5, 0.6) is 5.75 Å². The Balaban J connectivity index is 0.966. The summed E-state index contributed by atoms with van der Waals surface area (Å²) in [5.74, 6) is 3.59. The van der Waals surface area contributed by atoms with Crippen LogP contribution in [0.1, 0.15) is 73.1 Å². The van der Waals surface area contributed by atoms with Crippen molar-refractivity contribution in [2.75, 3.05) is 4.90 Å². The Morgan fingerprint density at radius 2 is 1.47 bits per heavy atom. The molecule has 5 aromatic carbocycles. The third-order valence-electron chi connectivity index (χ3n) is 13.2. The van der Waals surface area contributed by atoms with Crippen LogP contribution in [0.25, 0.3) is 5.57 Å². The molecule has 2 aliphatic heterocycles. The van der Waals surface area contributed by atoms with E-state index in [4.69, 9.17) is 9.47 Å². The summed E-state index contributed by atoms with van der Waals surface area (Å²) >= 11 is 2.02. The number of para-hydroxylation sites is 3. The van der Waals surface area contributed by atoms with Gasteiger partial charge in [0, 0.05) is 80.1 Å². The highest BCUT2D eigenvalue weighted by Gasteiger charge is 2.45. The minimum absolute atomic E-state index is 0.00475. The standard InChI is InChI=1S/C55H47NO2S/c1-55-34-13-12-25-53(55)59-52-24-14-21-43(54(52)55)39-29-33-47-46-32-28-38(37-26-30-42(31-27-37)56(40-15-4-2-5-16-40)41-17-6-3-7-18-41)35-50(46)57-48-22-10-8-19-44(48)45-20-9-11-23-49(45)58-51(47)36-39/h2-22,24-28,30-32,34,38-39,49,53H,23,29,33,35-36H2,1H3. The van der Waals surface area contributed by atoms with E-state index in [9.17, 15) is 0 Å². The fraction of sp³-hybridized carbons (Fsp3) is 0.200. The van der Waals surface area contributed by atoms with Gasteiger partial charge in [0.05, 0.1) is 0 Å². The highest BCUT2D eigenvalue weighted by molar-refractivity contribution is 8.00. The second-order valence-corrected chi connectivity index (χ2v) is 17.9. The van der Waals surface area contributed by atoms with Gasteiger partial charge in [-0.1, -0.05) is 140 Å². The minimum Gasteiger partial charge on any atom is -0.489 e. The fourth-order valence-corrected chi connectivity index (χ4v) is 11.7. The normalized spacial score (nSPS) is 25.0. The molecule has 5 aromatic rings. The molecule has 0 saturated carbocycles. The number of hydrogen-bond acceptors (Lipinski definition) is 4. The number of thioether (sulfide) groups is 1. The smallest absolute Gasteiger partial charge is 0.134 e. The Labute approximate surface area is 352 Å². The van der Waals surface area contributed by atoms with Crippen molar-refractivity contribution in [3.8, 4) is 5.75 Å². The highest BCUT2D eigenvalue weighted by atomic mass is 32.2. The van der Waals surface area contributed by atoms with Gasteiger partial charge in [-0.15, -0.1) is 11.8 Å². The van der Waals surface area contributed by atoms with E-state index in [1.54, 1.807) is 0 Å². The first kappa shape index (κ1) is 36.1. The molecule has 0 saturated heterocycles. The van der Waals surface area contributed by atoms with E-state index >= 15 is 0 Å². The molecular formula is C55H47NO2S. The second kappa shape index (κ2) is 15.0. The van der Waals surface area contributed by atoms with Crippen molar-refractivity contribution in [1.29, 1.82) is 0 Å². The molecule has 11 rings (SSSR count). The van der Waals surface area contributed by atoms with Crippen molar-refractivity contribution in [3.63, 3.8) is 0 Å². The predicted molar refractivity (Wildman–Crippen MR) is 244 cm³/mol. The van der Waals surface area contributed by atoms with E-state index in [-0.39, 0.29) is 17.4 Å². The van der Waals surface area contributed by atoms with Crippen LogP contribution < -0.4 is 9.64 Å². The molecule has 3 nitrogen and oxygen atoms in total. The van der Waals surface area contributed by atoms with Gasteiger partial charge >= 0.3 is 0 Å². The Bertz CT molecular complexity index is 2610. The zero-order valence-electron chi connectivity index (χ0n) is 33.3. The van der Waals surface area contributed by atoms with Crippen LogP contribution in [0.3, 0.4) is 0 Å². The quantitative estimate of drug-likeness (QED) is 0.177. The average molecular weight is 786 g/mol. The Morgan fingerprint density at radius 1 is 0.712 bits per heavy atom. The first-order chi connectivity index (χ1) is 29.1. The molecule has 0 aromatic heterocycles. The molecule has 0 amide bonds. The van der Waals surface area contributed by atoms with Crippen molar-refractivity contribution in [2.45, 2.75) is 72.5 Å². The largest absolute Gasteiger partial charge is 0.489 e. The molecule has 0 radical (unpaired) electrons. The van der Waals surface area contributed by atoms with Gasteiger partial charge in [-0.3, -0.25) is 0 Å². The number of benzene rings is 5. The molecular weight excluding hydrogens is 739 g/mol. The molecule has 5 unspecified atom stereocenters. The van der Waals surface area contributed by atoms with Crippen molar-refractivity contribution in [2.24, 2.45) is 0 Å². The summed E-state index contributed by atoms with van der Waals surface area (Å²) in [6, 6.07) is 45.9. The molecule has 0 spiro atoms. The lowest BCUT2D eigenvalue weighted by Crippen LogP contribution is -2.30. The van der Waals surface area contributed by atoms with E-state index < -0.39 is 0 Å². The lowest BCUT2D eigenvalue weighted by Gasteiger charge is -2.37. The summed E-state index contributed by atoms with van der Waals surface area (Å²) in [4.78, 5) is 3.75. The molecule has 0 N–H and O–H groups in total. The number of rotatable bonds is 5. The van der Waals surface area contributed by atoms with Crippen LogP contribution in [0, 0.1) is 0 Å². The lowest BCUT2D eigenvalue weighted by atomic mass is 9.70. The lowest BCUT2D eigenvalue weighted by molar-refractivity contribution is 0.143. The van der Waals surface area contributed by atoms with Crippen molar-refractivity contribution < 1.29 is 9.47 Å². The number of nitrogens with zero attached hydrogens (tertiary/aromatic N) is 1.